The molecule has 0 unspecified atom stereocenters. The monoisotopic (exact) mass is 349 g/mol. The minimum absolute atomic E-state index is 0.0344. The van der Waals surface area contributed by atoms with Crippen LogP contribution in [0.15, 0.2) is 30.3 Å². The van der Waals surface area contributed by atoms with Crippen LogP contribution in [0.4, 0.5) is 19.0 Å². The number of benzene rings is 1. The van der Waals surface area contributed by atoms with Gasteiger partial charge in [-0.25, -0.2) is 4.98 Å². The fourth-order valence-corrected chi connectivity index (χ4v) is 2.41. The minimum Gasteiger partial charge on any atom is -0.490 e. The van der Waals surface area contributed by atoms with Crippen LogP contribution in [-0.2, 0) is 12.7 Å². The van der Waals surface area contributed by atoms with Crippen molar-refractivity contribution >= 4 is 5.82 Å². The number of rotatable bonds is 3. The summed E-state index contributed by atoms with van der Waals surface area (Å²) in [7, 11) is 0. The van der Waals surface area contributed by atoms with E-state index in [1.54, 1.807) is 18.2 Å². The molecule has 0 saturated carbocycles. The molecule has 0 bridgehead atoms. The number of nitrogens with one attached hydrogen (secondary N) is 1. The molecule has 130 valence electrons. The highest BCUT2D eigenvalue weighted by atomic mass is 19.4. The molecule has 0 atom stereocenters. The van der Waals surface area contributed by atoms with Gasteiger partial charge in [-0.05, 0) is 18.2 Å². The van der Waals surface area contributed by atoms with E-state index in [-0.39, 0.29) is 17.9 Å². The van der Waals surface area contributed by atoms with Crippen molar-refractivity contribution in [1.82, 2.24) is 4.98 Å². The third-order valence-corrected chi connectivity index (χ3v) is 3.61. The van der Waals surface area contributed by atoms with Gasteiger partial charge in [-0.3, -0.25) is 0 Å². The van der Waals surface area contributed by atoms with Gasteiger partial charge in [0, 0.05) is 18.5 Å². The van der Waals surface area contributed by atoms with Crippen molar-refractivity contribution in [3.05, 3.63) is 47.2 Å². The van der Waals surface area contributed by atoms with Crippen LogP contribution in [0, 0.1) is 11.3 Å². The van der Waals surface area contributed by atoms with Crippen molar-refractivity contribution in [3.8, 4) is 17.6 Å². The lowest BCUT2D eigenvalue weighted by Gasteiger charge is -2.14. The van der Waals surface area contributed by atoms with Gasteiger partial charge in [-0.1, -0.05) is 12.1 Å². The van der Waals surface area contributed by atoms with Gasteiger partial charge in [0.05, 0.1) is 18.8 Å². The predicted molar refractivity (Wildman–Crippen MR) is 83.3 cm³/mol. The summed E-state index contributed by atoms with van der Waals surface area (Å²) in [6.07, 6.45) is -3.83. The van der Waals surface area contributed by atoms with Crippen LogP contribution in [0.3, 0.4) is 0 Å². The first-order chi connectivity index (χ1) is 12.0. The van der Waals surface area contributed by atoms with Crippen LogP contribution in [0.1, 0.15) is 23.2 Å². The Hall–Kier alpha value is -2.95. The minimum atomic E-state index is -4.58. The second-order valence-electron chi connectivity index (χ2n) is 5.35. The van der Waals surface area contributed by atoms with Gasteiger partial charge in [0.15, 0.2) is 11.5 Å². The molecule has 0 spiro atoms. The van der Waals surface area contributed by atoms with Gasteiger partial charge in [0.2, 0.25) is 0 Å². The SMILES string of the molecule is N#Cc1ccc(C(F)(F)F)nc1NCc1cccc2c1OCCCO2. The maximum absolute atomic E-state index is 12.8. The third-order valence-electron chi connectivity index (χ3n) is 3.61. The fraction of sp³-hybridized carbons (Fsp3) is 0.294. The molecular weight excluding hydrogens is 335 g/mol. The number of anilines is 1. The van der Waals surface area contributed by atoms with Gasteiger partial charge in [0.25, 0.3) is 0 Å². The Morgan fingerprint density at radius 2 is 1.96 bits per heavy atom. The number of ether oxygens (including phenoxy) is 2. The van der Waals surface area contributed by atoms with Crippen LogP contribution in [0.2, 0.25) is 0 Å². The molecule has 0 fully saturated rings. The highest BCUT2D eigenvalue weighted by molar-refractivity contribution is 5.54. The second-order valence-corrected chi connectivity index (χ2v) is 5.35. The Labute approximate surface area is 142 Å². The average Bonchev–Trinajstić information content (AvgIpc) is 2.84. The fourth-order valence-electron chi connectivity index (χ4n) is 2.41. The van der Waals surface area contributed by atoms with Gasteiger partial charge in [-0.15, -0.1) is 0 Å². The lowest BCUT2D eigenvalue weighted by molar-refractivity contribution is -0.141. The van der Waals surface area contributed by atoms with Crippen LogP contribution < -0.4 is 14.8 Å². The number of aromatic nitrogens is 1. The van der Waals surface area contributed by atoms with Crippen LogP contribution in [0.5, 0.6) is 11.5 Å². The maximum atomic E-state index is 12.8. The van der Waals surface area contributed by atoms with Gasteiger partial charge < -0.3 is 14.8 Å². The summed E-state index contributed by atoms with van der Waals surface area (Å²) < 4.78 is 49.7. The first-order valence-electron chi connectivity index (χ1n) is 7.59. The van der Waals surface area contributed by atoms with Gasteiger partial charge in [0.1, 0.15) is 17.6 Å². The number of nitriles is 1. The van der Waals surface area contributed by atoms with Crippen molar-refractivity contribution in [2.45, 2.75) is 19.1 Å². The van der Waals surface area contributed by atoms with Gasteiger partial charge >= 0.3 is 6.18 Å². The second kappa shape index (κ2) is 6.89. The van der Waals surface area contributed by atoms with Crippen LogP contribution in [0.25, 0.3) is 0 Å². The van der Waals surface area contributed by atoms with Crippen molar-refractivity contribution < 1.29 is 22.6 Å². The van der Waals surface area contributed by atoms with E-state index < -0.39 is 11.9 Å². The number of nitrogens with zero attached hydrogens (tertiary/aromatic N) is 2. The van der Waals surface area contributed by atoms with Crippen molar-refractivity contribution in [2.75, 3.05) is 18.5 Å². The molecule has 1 aromatic carbocycles. The summed E-state index contributed by atoms with van der Waals surface area (Å²) in [6, 6.07) is 9.04. The molecule has 3 rings (SSSR count). The van der Waals surface area contributed by atoms with Crippen LogP contribution >= 0.6 is 0 Å². The molecule has 1 aliphatic rings. The zero-order valence-corrected chi connectivity index (χ0v) is 13.1. The van der Waals surface area contributed by atoms with Crippen LogP contribution in [-0.4, -0.2) is 18.2 Å². The number of alkyl halides is 3. The molecule has 5 nitrogen and oxygen atoms in total. The van der Waals surface area contributed by atoms with E-state index in [0.29, 0.717) is 30.3 Å². The summed E-state index contributed by atoms with van der Waals surface area (Å²) in [5, 5.41) is 11.9. The summed E-state index contributed by atoms with van der Waals surface area (Å²) in [5.41, 5.74) is -0.310. The lowest BCUT2D eigenvalue weighted by atomic mass is 10.1. The zero-order chi connectivity index (χ0) is 17.9. The summed E-state index contributed by atoms with van der Waals surface area (Å²) >= 11 is 0. The quantitative estimate of drug-likeness (QED) is 0.914. The Balaban J connectivity index is 1.86. The Morgan fingerprint density at radius 3 is 2.72 bits per heavy atom. The summed E-state index contributed by atoms with van der Waals surface area (Å²) in [5.74, 6) is 1.02. The van der Waals surface area contributed by atoms with E-state index in [4.69, 9.17) is 14.7 Å². The number of hydrogen-bond acceptors (Lipinski definition) is 5. The molecule has 1 aliphatic heterocycles. The van der Waals surface area contributed by atoms with E-state index in [1.807, 2.05) is 6.07 Å². The number of halogens is 3. The number of para-hydroxylation sites is 1. The molecule has 8 heteroatoms. The highest BCUT2D eigenvalue weighted by Crippen LogP contribution is 2.34. The van der Waals surface area contributed by atoms with E-state index in [2.05, 4.69) is 10.3 Å². The molecule has 1 N–H and O–H groups in total. The molecule has 0 amide bonds. The molecule has 2 aromatic rings. The Kier molecular flexibility index (Phi) is 4.65. The number of hydrogen-bond donors (Lipinski definition) is 1. The molecule has 2 heterocycles. The van der Waals surface area contributed by atoms with Crippen molar-refractivity contribution in [3.63, 3.8) is 0 Å². The lowest BCUT2D eigenvalue weighted by Crippen LogP contribution is -2.12. The standard InChI is InChI=1S/C17H14F3N3O2/c18-17(19,20)14-6-5-11(9-21)16(23-14)22-10-12-3-1-4-13-15(12)25-8-2-7-24-13/h1,3-6H,2,7-8,10H2,(H,22,23). The first kappa shape index (κ1) is 16.9. The molecule has 1 aromatic heterocycles. The zero-order valence-electron chi connectivity index (χ0n) is 13.1. The Morgan fingerprint density at radius 1 is 1.16 bits per heavy atom. The molecular formula is C17H14F3N3O2. The molecule has 25 heavy (non-hydrogen) atoms. The topological polar surface area (TPSA) is 67.2 Å². The summed E-state index contributed by atoms with van der Waals surface area (Å²) in [4.78, 5) is 3.53. The smallest absolute Gasteiger partial charge is 0.433 e. The van der Waals surface area contributed by atoms with E-state index in [1.165, 1.54) is 0 Å². The largest absolute Gasteiger partial charge is 0.490 e. The molecule has 0 radical (unpaired) electrons. The maximum Gasteiger partial charge on any atom is 0.433 e. The highest BCUT2D eigenvalue weighted by Gasteiger charge is 2.33. The van der Waals surface area contributed by atoms with Gasteiger partial charge in [-0.2, -0.15) is 18.4 Å². The molecule has 0 aliphatic carbocycles. The van der Waals surface area contributed by atoms with E-state index in [0.717, 1.165) is 18.6 Å². The van der Waals surface area contributed by atoms with E-state index in [9.17, 15) is 13.2 Å². The third kappa shape index (κ3) is 3.76. The average molecular weight is 349 g/mol. The van der Waals surface area contributed by atoms with Crippen molar-refractivity contribution in [1.29, 1.82) is 5.26 Å². The van der Waals surface area contributed by atoms with E-state index >= 15 is 0 Å². The normalized spacial score (nSPS) is 13.7. The predicted octanol–water partition coefficient (Wildman–Crippen LogP) is 3.75. The van der Waals surface area contributed by atoms with Crippen molar-refractivity contribution in [2.24, 2.45) is 0 Å². The summed E-state index contributed by atoms with van der Waals surface area (Å²) in [6.45, 7) is 1.18. The number of fused-ring (bicyclic) bond motifs is 1. The molecule has 0 saturated heterocycles. The number of pyridine rings is 1. The Bertz CT molecular complexity index is 816. The first-order valence-corrected chi connectivity index (χ1v) is 7.59.